The number of ether oxygens (including phenoxy) is 1. The van der Waals surface area contributed by atoms with Crippen LogP contribution in [-0.2, 0) is 14.4 Å². The summed E-state index contributed by atoms with van der Waals surface area (Å²) in [4.78, 5) is 24.9. The minimum Gasteiger partial charge on any atom is -0.508 e. The van der Waals surface area contributed by atoms with Gasteiger partial charge in [-0.05, 0) is 23.8 Å². The Bertz CT molecular complexity index is 439. The fourth-order valence-electron chi connectivity index (χ4n) is 1.05. The van der Waals surface area contributed by atoms with Gasteiger partial charge >= 0.3 is 5.97 Å². The van der Waals surface area contributed by atoms with Crippen LogP contribution in [0.25, 0.3) is 6.08 Å². The van der Waals surface area contributed by atoms with Crippen molar-refractivity contribution in [3.8, 4) is 5.75 Å². The molecule has 7 heteroatoms. The normalized spacial score (nSPS) is 10.2. The third kappa shape index (κ3) is 5.50. The lowest BCUT2D eigenvalue weighted by Crippen LogP contribution is -2.11. The van der Waals surface area contributed by atoms with E-state index in [1.54, 1.807) is 12.1 Å². The summed E-state index contributed by atoms with van der Waals surface area (Å²) in [6.07, 6.45) is 2.68. The highest BCUT2D eigenvalue weighted by molar-refractivity contribution is 5.87. The second kappa shape index (κ2) is 6.89. The minimum atomic E-state index is -0.958. The van der Waals surface area contributed by atoms with Crippen LogP contribution in [-0.4, -0.2) is 29.4 Å². The van der Waals surface area contributed by atoms with E-state index in [9.17, 15) is 14.9 Å². The number of rotatable bonds is 6. The number of nitrogens with zero attached hydrogens (tertiary/aromatic N) is 1. The highest BCUT2D eigenvalue weighted by atomic mass is 17.0. The van der Waals surface area contributed by atoms with Gasteiger partial charge in [0.15, 0.2) is 0 Å². The average Bonchev–Trinajstić information content (AvgIpc) is 2.34. The van der Waals surface area contributed by atoms with Crippen LogP contribution < -0.4 is 0 Å². The summed E-state index contributed by atoms with van der Waals surface area (Å²) in [5.41, 5.74) is 0.714. The Balaban J connectivity index is 2.31. The number of esters is 1. The maximum atomic E-state index is 11.1. The smallest absolute Gasteiger partial charge is 0.330 e. The molecule has 0 unspecified atom stereocenters. The van der Waals surface area contributed by atoms with Gasteiger partial charge in [-0.1, -0.05) is 12.1 Å². The van der Waals surface area contributed by atoms with Crippen molar-refractivity contribution in [1.29, 1.82) is 0 Å². The quantitative estimate of drug-likeness (QED) is 0.268. The van der Waals surface area contributed by atoms with Crippen LogP contribution in [0.5, 0.6) is 5.75 Å². The Labute approximate surface area is 102 Å². The van der Waals surface area contributed by atoms with Crippen LogP contribution in [0.2, 0.25) is 0 Å². The first-order chi connectivity index (χ1) is 8.58. The second-order valence-corrected chi connectivity index (χ2v) is 3.15. The molecular weight excluding hydrogens is 242 g/mol. The molecule has 0 bridgehead atoms. The molecule has 0 heterocycles. The molecule has 0 spiro atoms. The number of benzene rings is 1. The van der Waals surface area contributed by atoms with Gasteiger partial charge in [0.25, 0.3) is 5.09 Å². The first-order valence-electron chi connectivity index (χ1n) is 4.99. The molecule has 96 valence electrons. The van der Waals surface area contributed by atoms with Gasteiger partial charge in [-0.2, -0.15) is 0 Å². The fourth-order valence-corrected chi connectivity index (χ4v) is 1.05. The van der Waals surface area contributed by atoms with E-state index >= 15 is 0 Å². The highest BCUT2D eigenvalue weighted by Crippen LogP contribution is 2.10. The SMILES string of the molecule is O=C(/C=C/c1ccc(O)cc1)OCCO[N+](=O)[O-]. The third-order valence-electron chi connectivity index (χ3n) is 1.83. The Hall–Kier alpha value is -2.57. The van der Waals surface area contributed by atoms with E-state index < -0.39 is 11.1 Å². The van der Waals surface area contributed by atoms with Crippen molar-refractivity contribution in [2.24, 2.45) is 0 Å². The first-order valence-corrected chi connectivity index (χ1v) is 4.99. The second-order valence-electron chi connectivity index (χ2n) is 3.15. The van der Waals surface area contributed by atoms with Crippen LogP contribution in [0.3, 0.4) is 0 Å². The van der Waals surface area contributed by atoms with Crippen LogP contribution in [0.4, 0.5) is 0 Å². The molecule has 0 radical (unpaired) electrons. The lowest BCUT2D eigenvalue weighted by Gasteiger charge is -2.00. The molecule has 0 aliphatic heterocycles. The lowest BCUT2D eigenvalue weighted by molar-refractivity contribution is -0.757. The van der Waals surface area contributed by atoms with Gasteiger partial charge in [0, 0.05) is 6.08 Å². The van der Waals surface area contributed by atoms with E-state index in [0.29, 0.717) is 5.56 Å². The van der Waals surface area contributed by atoms with Crippen molar-refractivity contribution in [3.05, 3.63) is 46.0 Å². The predicted molar refractivity (Wildman–Crippen MR) is 61.0 cm³/mol. The van der Waals surface area contributed by atoms with Crippen LogP contribution in [0, 0.1) is 10.1 Å². The summed E-state index contributed by atoms with van der Waals surface area (Å²) in [6.45, 7) is -0.495. The zero-order chi connectivity index (χ0) is 13.4. The molecule has 0 fully saturated rings. The van der Waals surface area contributed by atoms with Gasteiger partial charge in [-0.25, -0.2) is 4.79 Å². The molecule has 1 aromatic rings. The number of carbonyl (C=O) groups excluding carboxylic acids is 1. The topological polar surface area (TPSA) is 98.9 Å². The molecule has 0 saturated carbocycles. The zero-order valence-corrected chi connectivity index (χ0v) is 9.31. The highest BCUT2D eigenvalue weighted by Gasteiger charge is 1.99. The van der Waals surface area contributed by atoms with Gasteiger partial charge in [-0.15, -0.1) is 10.1 Å². The van der Waals surface area contributed by atoms with Crippen molar-refractivity contribution in [2.45, 2.75) is 0 Å². The molecule has 7 nitrogen and oxygen atoms in total. The van der Waals surface area contributed by atoms with Crippen molar-refractivity contribution in [2.75, 3.05) is 13.2 Å². The molecule has 0 atom stereocenters. The summed E-state index contributed by atoms with van der Waals surface area (Å²) in [5, 5.41) is 17.9. The van der Waals surface area contributed by atoms with Gasteiger partial charge < -0.3 is 14.7 Å². The predicted octanol–water partition coefficient (Wildman–Crippen LogP) is 1.16. The molecule has 0 aliphatic rings. The van der Waals surface area contributed by atoms with Gasteiger partial charge in [-0.3, -0.25) is 0 Å². The van der Waals surface area contributed by atoms with Gasteiger partial charge in [0.2, 0.25) is 0 Å². The molecular formula is C11H11NO6. The first kappa shape index (κ1) is 13.5. The average molecular weight is 253 g/mol. The summed E-state index contributed by atoms with van der Waals surface area (Å²) in [7, 11) is 0. The molecule has 18 heavy (non-hydrogen) atoms. The van der Waals surface area contributed by atoms with E-state index in [1.807, 2.05) is 0 Å². The molecule has 1 aromatic carbocycles. The number of carbonyl (C=O) groups is 1. The maximum absolute atomic E-state index is 11.1. The fraction of sp³-hybridized carbons (Fsp3) is 0.182. The Morgan fingerprint density at radius 1 is 1.33 bits per heavy atom. The number of hydrogen-bond donors (Lipinski definition) is 1. The number of phenolic OH excluding ortho intramolecular Hbond substituents is 1. The van der Waals surface area contributed by atoms with Crippen molar-refractivity contribution in [1.82, 2.24) is 0 Å². The van der Waals surface area contributed by atoms with E-state index in [2.05, 4.69) is 9.57 Å². The van der Waals surface area contributed by atoms with E-state index in [1.165, 1.54) is 24.3 Å². The largest absolute Gasteiger partial charge is 0.508 e. The van der Waals surface area contributed by atoms with Crippen molar-refractivity contribution < 1.29 is 24.6 Å². The van der Waals surface area contributed by atoms with Gasteiger partial charge in [0.05, 0.1) is 0 Å². The Kier molecular flexibility index (Phi) is 5.17. The lowest BCUT2D eigenvalue weighted by atomic mass is 10.2. The maximum Gasteiger partial charge on any atom is 0.330 e. The summed E-state index contributed by atoms with van der Waals surface area (Å²) in [6, 6.07) is 6.20. The van der Waals surface area contributed by atoms with Crippen molar-refractivity contribution >= 4 is 12.0 Å². The monoisotopic (exact) mass is 253 g/mol. The summed E-state index contributed by atoms with van der Waals surface area (Å²) < 4.78 is 4.63. The summed E-state index contributed by atoms with van der Waals surface area (Å²) in [5.74, 6) is -0.498. The van der Waals surface area contributed by atoms with Crippen LogP contribution in [0.15, 0.2) is 30.3 Å². The van der Waals surface area contributed by atoms with E-state index in [0.717, 1.165) is 0 Å². The molecule has 0 aliphatic carbocycles. The van der Waals surface area contributed by atoms with E-state index in [4.69, 9.17) is 5.11 Å². The number of hydrogen-bond acceptors (Lipinski definition) is 6. The van der Waals surface area contributed by atoms with Crippen LogP contribution >= 0.6 is 0 Å². The molecule has 1 N–H and O–H groups in total. The number of aromatic hydroxyl groups is 1. The Morgan fingerprint density at radius 3 is 2.61 bits per heavy atom. The molecule has 0 aromatic heterocycles. The van der Waals surface area contributed by atoms with Crippen molar-refractivity contribution in [3.63, 3.8) is 0 Å². The summed E-state index contributed by atoms with van der Waals surface area (Å²) >= 11 is 0. The molecule has 0 amide bonds. The standard InChI is InChI=1S/C11H11NO6/c13-10-4-1-9(2-5-10)3-6-11(14)17-7-8-18-12(15)16/h1-6,13H,7-8H2/b6-3+. The Morgan fingerprint density at radius 2 is 2.00 bits per heavy atom. The van der Waals surface area contributed by atoms with E-state index in [-0.39, 0.29) is 19.0 Å². The molecule has 0 saturated heterocycles. The number of phenols is 1. The zero-order valence-electron chi connectivity index (χ0n) is 9.31. The third-order valence-corrected chi connectivity index (χ3v) is 1.83. The molecule has 1 rings (SSSR count). The van der Waals surface area contributed by atoms with Gasteiger partial charge in [0.1, 0.15) is 19.0 Å². The van der Waals surface area contributed by atoms with Crippen LogP contribution in [0.1, 0.15) is 5.56 Å². The minimum absolute atomic E-state index is 0.131.